The van der Waals surface area contributed by atoms with Crippen LogP contribution in [0.3, 0.4) is 0 Å². The Morgan fingerprint density at radius 1 is 1.59 bits per heavy atom. The molecule has 2 rings (SSSR count). The Kier molecular flexibility index (Phi) is 3.98. The van der Waals surface area contributed by atoms with Crippen LogP contribution in [0.25, 0.3) is 0 Å². The number of hydrazine groups is 1. The number of thiophene rings is 1. The lowest BCUT2D eigenvalue weighted by Crippen LogP contribution is -2.29. The summed E-state index contributed by atoms with van der Waals surface area (Å²) in [5.74, 6) is 5.63. The number of rotatable bonds is 4. The van der Waals surface area contributed by atoms with Gasteiger partial charge in [-0.3, -0.25) is 16.0 Å². The van der Waals surface area contributed by atoms with Gasteiger partial charge in [0, 0.05) is 24.0 Å². The van der Waals surface area contributed by atoms with Crippen molar-refractivity contribution in [2.24, 2.45) is 12.9 Å². The van der Waals surface area contributed by atoms with Gasteiger partial charge in [-0.25, -0.2) is 0 Å². The van der Waals surface area contributed by atoms with E-state index in [9.17, 15) is 0 Å². The van der Waals surface area contributed by atoms with Gasteiger partial charge in [0.1, 0.15) is 0 Å². The molecular weight excluding hydrogens is 300 g/mol. The molecule has 0 saturated carbocycles. The minimum absolute atomic E-state index is 0.126. The van der Waals surface area contributed by atoms with Crippen molar-refractivity contribution in [3.05, 3.63) is 38.3 Å². The molecule has 2 aromatic rings. The summed E-state index contributed by atoms with van der Waals surface area (Å²) in [5, 5.41) is 4.34. The minimum Gasteiger partial charge on any atom is -0.272 e. The van der Waals surface area contributed by atoms with Crippen molar-refractivity contribution >= 4 is 27.3 Å². The quantitative estimate of drug-likeness (QED) is 0.672. The summed E-state index contributed by atoms with van der Waals surface area (Å²) >= 11 is 5.16. The van der Waals surface area contributed by atoms with Crippen LogP contribution < -0.4 is 11.3 Å². The first-order valence-electron chi connectivity index (χ1n) is 5.31. The molecule has 0 bridgehead atoms. The molecular formula is C11H15BrN4S. The number of aromatic nitrogens is 2. The topological polar surface area (TPSA) is 55.9 Å². The molecule has 0 amide bonds. The number of hydrogen-bond acceptors (Lipinski definition) is 4. The summed E-state index contributed by atoms with van der Waals surface area (Å²) in [6.07, 6.45) is 0.834. The molecule has 2 heterocycles. The standard InChI is InChI=1S/C11H15BrN4S/c1-7-5-8(16(2)15-7)6-9(14-13)10-3-4-11(12)17-10/h3-5,9,14H,6,13H2,1-2H3. The van der Waals surface area contributed by atoms with Crippen molar-refractivity contribution in [1.82, 2.24) is 15.2 Å². The van der Waals surface area contributed by atoms with E-state index < -0.39 is 0 Å². The fourth-order valence-corrected chi connectivity index (χ4v) is 3.31. The number of nitrogens with two attached hydrogens (primary N) is 1. The lowest BCUT2D eigenvalue weighted by atomic mass is 10.1. The van der Waals surface area contributed by atoms with Crippen LogP contribution in [0.5, 0.6) is 0 Å². The molecule has 1 atom stereocenters. The second kappa shape index (κ2) is 5.30. The minimum atomic E-state index is 0.126. The van der Waals surface area contributed by atoms with E-state index in [-0.39, 0.29) is 6.04 Å². The molecule has 0 radical (unpaired) electrons. The highest BCUT2D eigenvalue weighted by atomic mass is 79.9. The zero-order chi connectivity index (χ0) is 12.4. The van der Waals surface area contributed by atoms with E-state index in [1.165, 1.54) is 10.6 Å². The summed E-state index contributed by atoms with van der Waals surface area (Å²) in [4.78, 5) is 1.22. The molecule has 4 nitrogen and oxygen atoms in total. The summed E-state index contributed by atoms with van der Waals surface area (Å²) in [6.45, 7) is 2.00. The van der Waals surface area contributed by atoms with Crippen LogP contribution in [0.4, 0.5) is 0 Å². The first-order chi connectivity index (χ1) is 8.10. The highest BCUT2D eigenvalue weighted by molar-refractivity contribution is 9.11. The van der Waals surface area contributed by atoms with Crippen LogP contribution in [-0.2, 0) is 13.5 Å². The fraction of sp³-hybridized carbons (Fsp3) is 0.364. The third kappa shape index (κ3) is 2.95. The Balaban J connectivity index is 2.18. The molecule has 17 heavy (non-hydrogen) atoms. The Labute approximate surface area is 113 Å². The Morgan fingerprint density at radius 3 is 2.82 bits per heavy atom. The van der Waals surface area contributed by atoms with Gasteiger partial charge in [0.25, 0.3) is 0 Å². The normalized spacial score (nSPS) is 12.9. The van der Waals surface area contributed by atoms with Gasteiger partial charge in [-0.15, -0.1) is 11.3 Å². The molecule has 92 valence electrons. The molecule has 0 aromatic carbocycles. The second-order valence-electron chi connectivity index (χ2n) is 3.97. The first kappa shape index (κ1) is 12.8. The SMILES string of the molecule is Cc1cc(CC(NN)c2ccc(Br)s2)n(C)n1. The summed E-state index contributed by atoms with van der Waals surface area (Å²) in [7, 11) is 1.96. The van der Waals surface area contributed by atoms with E-state index in [0.717, 1.165) is 15.9 Å². The number of nitrogens with zero attached hydrogens (tertiary/aromatic N) is 2. The monoisotopic (exact) mass is 314 g/mol. The highest BCUT2D eigenvalue weighted by Crippen LogP contribution is 2.28. The molecule has 0 aliphatic heterocycles. The number of hydrogen-bond donors (Lipinski definition) is 2. The van der Waals surface area contributed by atoms with Crippen LogP contribution in [-0.4, -0.2) is 9.78 Å². The fourth-order valence-electron chi connectivity index (χ4n) is 1.82. The Bertz CT molecular complexity index is 505. The van der Waals surface area contributed by atoms with Crippen LogP contribution >= 0.6 is 27.3 Å². The van der Waals surface area contributed by atoms with Crippen LogP contribution in [0.2, 0.25) is 0 Å². The van der Waals surface area contributed by atoms with Gasteiger partial charge in [-0.1, -0.05) is 0 Å². The Hall–Kier alpha value is -0.690. The molecule has 2 aromatic heterocycles. The Morgan fingerprint density at radius 2 is 2.35 bits per heavy atom. The van der Waals surface area contributed by atoms with Gasteiger partial charge in [-0.05, 0) is 41.1 Å². The third-order valence-electron chi connectivity index (χ3n) is 2.65. The zero-order valence-electron chi connectivity index (χ0n) is 9.77. The maximum atomic E-state index is 5.63. The number of halogens is 1. The summed E-state index contributed by atoms with van der Waals surface area (Å²) < 4.78 is 3.02. The van der Waals surface area contributed by atoms with Crippen molar-refractivity contribution in [2.75, 3.05) is 0 Å². The average Bonchev–Trinajstić information content (AvgIpc) is 2.82. The summed E-state index contributed by atoms with van der Waals surface area (Å²) in [6, 6.07) is 6.34. The van der Waals surface area contributed by atoms with Gasteiger partial charge >= 0.3 is 0 Å². The highest BCUT2D eigenvalue weighted by Gasteiger charge is 2.15. The predicted octanol–water partition coefficient (Wildman–Crippen LogP) is 2.30. The van der Waals surface area contributed by atoms with E-state index in [1.807, 2.05) is 24.7 Å². The average molecular weight is 315 g/mol. The van der Waals surface area contributed by atoms with Crippen molar-refractivity contribution < 1.29 is 0 Å². The van der Waals surface area contributed by atoms with E-state index in [2.05, 4.69) is 38.6 Å². The smallest absolute Gasteiger partial charge is 0.0702 e. The number of nitrogens with one attached hydrogen (secondary N) is 1. The lowest BCUT2D eigenvalue weighted by molar-refractivity contribution is 0.537. The number of aryl methyl sites for hydroxylation is 2. The molecule has 1 unspecified atom stereocenters. The molecule has 0 spiro atoms. The van der Waals surface area contributed by atoms with Gasteiger partial charge < -0.3 is 0 Å². The third-order valence-corrected chi connectivity index (χ3v) is 4.39. The maximum absolute atomic E-state index is 5.63. The zero-order valence-corrected chi connectivity index (χ0v) is 12.2. The largest absolute Gasteiger partial charge is 0.272 e. The van der Waals surface area contributed by atoms with Crippen LogP contribution in [0, 0.1) is 6.92 Å². The van der Waals surface area contributed by atoms with Crippen LogP contribution in [0.1, 0.15) is 22.3 Å². The molecule has 0 fully saturated rings. The van der Waals surface area contributed by atoms with E-state index in [0.29, 0.717) is 0 Å². The molecule has 0 aliphatic rings. The predicted molar refractivity (Wildman–Crippen MR) is 73.7 cm³/mol. The maximum Gasteiger partial charge on any atom is 0.0702 e. The molecule has 0 saturated heterocycles. The molecule has 6 heteroatoms. The first-order valence-corrected chi connectivity index (χ1v) is 6.92. The molecule has 0 aliphatic carbocycles. The van der Waals surface area contributed by atoms with Crippen molar-refractivity contribution in [2.45, 2.75) is 19.4 Å². The van der Waals surface area contributed by atoms with Gasteiger partial charge in [0.05, 0.1) is 15.5 Å². The van der Waals surface area contributed by atoms with E-state index >= 15 is 0 Å². The van der Waals surface area contributed by atoms with E-state index in [4.69, 9.17) is 5.84 Å². The van der Waals surface area contributed by atoms with Crippen molar-refractivity contribution in [1.29, 1.82) is 0 Å². The second-order valence-corrected chi connectivity index (χ2v) is 6.46. The van der Waals surface area contributed by atoms with E-state index in [1.54, 1.807) is 11.3 Å². The lowest BCUT2D eigenvalue weighted by Gasteiger charge is -2.13. The van der Waals surface area contributed by atoms with Gasteiger partial charge in [0.15, 0.2) is 0 Å². The van der Waals surface area contributed by atoms with Gasteiger partial charge in [0.2, 0.25) is 0 Å². The van der Waals surface area contributed by atoms with Gasteiger partial charge in [-0.2, -0.15) is 5.10 Å². The summed E-state index contributed by atoms with van der Waals surface area (Å²) in [5.41, 5.74) is 5.07. The van der Waals surface area contributed by atoms with Crippen molar-refractivity contribution in [3.63, 3.8) is 0 Å². The van der Waals surface area contributed by atoms with Crippen LogP contribution in [0.15, 0.2) is 22.0 Å². The van der Waals surface area contributed by atoms with Crippen molar-refractivity contribution in [3.8, 4) is 0 Å². The molecule has 3 N–H and O–H groups in total.